The summed E-state index contributed by atoms with van der Waals surface area (Å²) in [5.41, 5.74) is 9.62. The molecule has 0 radical (unpaired) electrons. The number of alkyl halides is 8. The fourth-order valence-corrected chi connectivity index (χ4v) is 10.8. The van der Waals surface area contributed by atoms with Crippen LogP contribution in [-0.2, 0) is 0 Å². The van der Waals surface area contributed by atoms with Gasteiger partial charge >= 0.3 is 0 Å². The van der Waals surface area contributed by atoms with Crippen LogP contribution in [0.4, 0.5) is 11.4 Å². The average molecular weight is 1170 g/mol. The molecule has 2 heterocycles. The number of halogens is 10. The van der Waals surface area contributed by atoms with Gasteiger partial charge in [0, 0.05) is 73.9 Å². The molecule has 0 aliphatic carbocycles. The van der Waals surface area contributed by atoms with E-state index in [1.165, 1.54) is 33.6 Å². The van der Waals surface area contributed by atoms with E-state index in [2.05, 4.69) is 156 Å². The molecule has 2 aliphatic heterocycles. The van der Waals surface area contributed by atoms with E-state index in [-0.39, 0.29) is 79.6 Å². The second-order valence-corrected chi connectivity index (χ2v) is 23.4. The number of rotatable bonds is 14. The van der Waals surface area contributed by atoms with Crippen molar-refractivity contribution in [2.45, 2.75) is 184 Å². The van der Waals surface area contributed by atoms with Crippen LogP contribution >= 0.6 is 92.8 Å². The summed E-state index contributed by atoms with van der Waals surface area (Å²) in [5, 5.41) is 0.778. The summed E-state index contributed by atoms with van der Waals surface area (Å²) >= 11 is 38.1. The van der Waals surface area contributed by atoms with Crippen molar-refractivity contribution in [2.75, 3.05) is 21.4 Å². The van der Waals surface area contributed by atoms with Crippen LogP contribution in [0.3, 0.4) is 0 Å². The number of nitrogens with zero attached hydrogens (tertiary/aromatic N) is 2. The summed E-state index contributed by atoms with van der Waals surface area (Å²) in [6, 6.07) is 21.1. The lowest BCUT2D eigenvalue weighted by Gasteiger charge is -2.25. The maximum Gasteiger partial charge on any atom is 0.252 e. The van der Waals surface area contributed by atoms with Crippen molar-refractivity contribution in [1.29, 1.82) is 0 Å². The molecule has 2 aliphatic rings. The average Bonchev–Trinajstić information content (AvgIpc) is 3.68. The van der Waals surface area contributed by atoms with Crippen molar-refractivity contribution in [3.05, 3.63) is 94.0 Å². The third kappa shape index (κ3) is 16.6. The minimum Gasteiger partial charge on any atom is -1.00 e. The standard InChI is InChI=1S/C52H74N2O2.4CH2Cl2.2ClH/c1-17-51(18-2)31-49(13,14)53(43-39(33(5)6)23-21-24-40(43)34(7)8)47(51)45(55)37-27-29-38(30-28-37)46(56)48-52(19-3,20-4)32-50(15,16)54(48)44-41(35(9)10)25-22-26-42(44)36(11)12;4*2-1-3;;/h21-30,33-36H,17-20,31-32H2,1-16H3;4*1H2;2*1H/q+2;;;;;;/p-2. The fraction of sp³-hybridized carbons (Fsp3) is 0.607. The number of hydrogen-bond donors (Lipinski definition) is 0. The second kappa shape index (κ2) is 32.6. The SMILES string of the molecule is CCC1(CC)CC(C)(C)[N+](c2c(C(C)C)cccc2C(C)C)=C1C(=O)c1ccc(C(=O)C2=[N+](c3c(C(C)C)cccc3C(C)C)C(C)(C)CC2(CC)CC)cc1.ClCCl.ClCCl.ClCCl.ClCCl.[Cl-].[Cl-]. The van der Waals surface area contributed by atoms with Crippen LogP contribution in [0.2, 0.25) is 0 Å². The highest BCUT2D eigenvalue weighted by atomic mass is 35.5. The first-order valence-electron chi connectivity index (χ1n) is 24.1. The van der Waals surface area contributed by atoms with Gasteiger partial charge in [-0.05, 0) is 49.4 Å². The molecule has 0 saturated heterocycles. The lowest BCUT2D eigenvalue weighted by atomic mass is 9.71. The lowest BCUT2D eigenvalue weighted by molar-refractivity contribution is -0.516. The van der Waals surface area contributed by atoms with Gasteiger partial charge in [-0.15, -0.1) is 92.8 Å². The highest BCUT2D eigenvalue weighted by molar-refractivity contribution is 6.48. The largest absolute Gasteiger partial charge is 1.00 e. The summed E-state index contributed by atoms with van der Waals surface area (Å²) < 4.78 is 4.91. The van der Waals surface area contributed by atoms with Crippen molar-refractivity contribution in [3.63, 3.8) is 0 Å². The molecule has 0 unspecified atom stereocenters. The fourth-order valence-electron chi connectivity index (χ4n) is 10.8. The minimum absolute atomic E-state index is 0. The van der Waals surface area contributed by atoms with Gasteiger partial charge < -0.3 is 24.8 Å². The minimum atomic E-state index is -0.265. The molecule has 0 fully saturated rings. The maximum absolute atomic E-state index is 15.3. The number of carbonyl (C=O) groups excluding carboxylic acids is 2. The molecule has 0 bridgehead atoms. The molecule has 0 atom stereocenters. The van der Waals surface area contributed by atoms with Gasteiger partial charge in [0.1, 0.15) is 0 Å². The molecule has 5 rings (SSSR count). The molecule has 3 aromatic rings. The van der Waals surface area contributed by atoms with Crippen molar-refractivity contribution in [2.24, 2.45) is 10.8 Å². The van der Waals surface area contributed by atoms with Gasteiger partial charge in [0.15, 0.2) is 11.1 Å². The van der Waals surface area contributed by atoms with Gasteiger partial charge in [-0.2, -0.15) is 9.15 Å². The predicted octanol–water partition coefficient (Wildman–Crippen LogP) is 13.8. The van der Waals surface area contributed by atoms with E-state index in [9.17, 15) is 0 Å². The molecule has 4 nitrogen and oxygen atoms in total. The van der Waals surface area contributed by atoms with Crippen LogP contribution in [0.1, 0.15) is 216 Å². The quantitative estimate of drug-likeness (QED) is 0.0917. The Balaban J connectivity index is 0. The van der Waals surface area contributed by atoms with Crippen LogP contribution in [-0.4, -0.2) is 64.6 Å². The molecule has 14 heteroatoms. The van der Waals surface area contributed by atoms with Crippen LogP contribution in [0.15, 0.2) is 60.7 Å². The molecule has 398 valence electrons. The summed E-state index contributed by atoms with van der Waals surface area (Å²) in [6.45, 7) is 36.4. The van der Waals surface area contributed by atoms with E-state index in [4.69, 9.17) is 92.8 Å². The Kier molecular flexibility index (Phi) is 33.2. The maximum atomic E-state index is 15.3. The van der Waals surface area contributed by atoms with Gasteiger partial charge in [-0.1, -0.05) is 144 Å². The van der Waals surface area contributed by atoms with Crippen LogP contribution in [0, 0.1) is 10.8 Å². The van der Waals surface area contributed by atoms with Crippen molar-refractivity contribution < 1.29 is 43.6 Å². The normalized spacial score (nSPS) is 15.9. The Morgan fingerprint density at radius 1 is 0.443 bits per heavy atom. The van der Waals surface area contributed by atoms with Crippen molar-refractivity contribution >= 4 is 127 Å². The topological polar surface area (TPSA) is 40.2 Å². The number of ketones is 2. The summed E-state index contributed by atoms with van der Waals surface area (Å²) in [4.78, 5) is 30.6. The Hall–Kier alpha value is -0.760. The van der Waals surface area contributed by atoms with E-state index in [1.54, 1.807) is 0 Å². The predicted molar refractivity (Wildman–Crippen MR) is 304 cm³/mol. The highest BCUT2D eigenvalue weighted by Gasteiger charge is 2.60. The molecule has 70 heavy (non-hydrogen) atoms. The molecule has 0 amide bonds. The van der Waals surface area contributed by atoms with Crippen LogP contribution < -0.4 is 24.8 Å². The zero-order valence-corrected chi connectivity index (χ0v) is 52.2. The third-order valence-corrected chi connectivity index (χ3v) is 13.9. The molecular weight excluding hydrogens is 1090 g/mol. The third-order valence-electron chi connectivity index (χ3n) is 13.9. The van der Waals surface area contributed by atoms with E-state index in [0.29, 0.717) is 34.8 Å². The molecule has 0 spiro atoms. The Morgan fingerprint density at radius 2 is 0.643 bits per heavy atom. The Morgan fingerprint density at radius 3 is 0.814 bits per heavy atom. The first kappa shape index (κ1) is 71.3. The zero-order chi connectivity index (χ0) is 52.5. The van der Waals surface area contributed by atoms with Gasteiger partial charge in [0.05, 0.1) is 32.2 Å². The lowest BCUT2D eigenvalue weighted by Crippen LogP contribution is -3.00. The van der Waals surface area contributed by atoms with E-state index in [1.807, 2.05) is 24.3 Å². The molecule has 3 aromatic carbocycles. The van der Waals surface area contributed by atoms with Gasteiger partial charge in [-0.3, -0.25) is 9.59 Å². The monoisotopic (exact) mass is 1160 g/mol. The van der Waals surface area contributed by atoms with E-state index >= 15 is 9.59 Å². The number of carbonyl (C=O) groups is 2. The highest BCUT2D eigenvalue weighted by Crippen LogP contribution is 2.52. The van der Waals surface area contributed by atoms with E-state index in [0.717, 1.165) is 49.9 Å². The first-order chi connectivity index (χ1) is 31.8. The molecular formula is C56H82Cl10N2O2. The second-order valence-electron chi connectivity index (χ2n) is 20.1. The zero-order valence-electron chi connectivity index (χ0n) is 44.6. The van der Waals surface area contributed by atoms with Crippen LogP contribution in [0.25, 0.3) is 0 Å². The van der Waals surface area contributed by atoms with Crippen molar-refractivity contribution in [1.82, 2.24) is 0 Å². The molecule has 0 saturated carbocycles. The molecule has 0 N–H and O–H groups in total. The Labute approximate surface area is 477 Å². The number of para-hydroxylation sites is 2. The first-order valence-corrected chi connectivity index (χ1v) is 28.4. The summed E-state index contributed by atoms with van der Waals surface area (Å²) in [7, 11) is 0. The smallest absolute Gasteiger partial charge is 0.252 e. The summed E-state index contributed by atoms with van der Waals surface area (Å²) in [6.07, 6.45) is 5.36. The summed E-state index contributed by atoms with van der Waals surface area (Å²) in [5.74, 6) is 1.37. The van der Waals surface area contributed by atoms with Crippen molar-refractivity contribution in [3.8, 4) is 0 Å². The van der Waals surface area contributed by atoms with Gasteiger partial charge in [-0.25, -0.2) is 0 Å². The van der Waals surface area contributed by atoms with Crippen LogP contribution in [0.5, 0.6) is 0 Å². The van der Waals surface area contributed by atoms with E-state index < -0.39 is 0 Å². The Bertz CT molecular complexity index is 1930. The number of benzene rings is 3. The number of Topliss-reactive ketones (excluding diaryl/α,β-unsaturated/α-hetero) is 2. The number of hydrogen-bond acceptors (Lipinski definition) is 2. The van der Waals surface area contributed by atoms with Gasteiger partial charge in [0.25, 0.3) is 11.6 Å². The van der Waals surface area contributed by atoms with Gasteiger partial charge in [0.2, 0.25) is 22.8 Å². The molecule has 0 aromatic heterocycles.